The van der Waals surface area contributed by atoms with E-state index in [1.165, 1.54) is 32.1 Å². The Kier molecular flexibility index (Phi) is 6.37. The highest BCUT2D eigenvalue weighted by Gasteiger charge is 2.26. The molecule has 2 N–H and O–H groups in total. The van der Waals surface area contributed by atoms with Crippen molar-refractivity contribution in [2.24, 2.45) is 11.8 Å². The molecular weight excluding hydrogens is 198 g/mol. The van der Waals surface area contributed by atoms with Crippen molar-refractivity contribution in [3.05, 3.63) is 0 Å². The predicted molar refractivity (Wildman–Crippen MR) is 69.5 cm³/mol. The first kappa shape index (κ1) is 14.0. The Morgan fingerprint density at radius 1 is 1.25 bits per heavy atom. The predicted octanol–water partition coefficient (Wildman–Crippen LogP) is 2.95. The Morgan fingerprint density at radius 3 is 2.50 bits per heavy atom. The summed E-state index contributed by atoms with van der Waals surface area (Å²) in [6.45, 7) is 7.11. The fraction of sp³-hybridized carbons (Fsp3) is 1.00. The third-order valence-corrected chi connectivity index (χ3v) is 4.11. The molecule has 2 heteroatoms. The smallest absolute Gasteiger partial charge is 0.0445 e. The molecule has 0 heterocycles. The van der Waals surface area contributed by atoms with Crippen molar-refractivity contribution >= 4 is 0 Å². The van der Waals surface area contributed by atoms with E-state index < -0.39 is 0 Å². The quantitative estimate of drug-likeness (QED) is 0.731. The van der Waals surface area contributed by atoms with Gasteiger partial charge in [-0.3, -0.25) is 0 Å². The van der Waals surface area contributed by atoms with Crippen molar-refractivity contribution < 1.29 is 5.11 Å². The normalized spacial score (nSPS) is 28.3. The molecule has 0 spiro atoms. The number of aliphatic hydroxyl groups excluding tert-OH is 1. The van der Waals surface area contributed by atoms with Gasteiger partial charge >= 0.3 is 0 Å². The van der Waals surface area contributed by atoms with Crippen molar-refractivity contribution in [1.29, 1.82) is 0 Å². The van der Waals surface area contributed by atoms with Gasteiger partial charge in [-0.2, -0.15) is 0 Å². The highest BCUT2D eigenvalue weighted by atomic mass is 16.3. The molecule has 16 heavy (non-hydrogen) atoms. The van der Waals surface area contributed by atoms with Gasteiger partial charge in [-0.15, -0.1) is 0 Å². The highest BCUT2D eigenvalue weighted by Crippen LogP contribution is 2.27. The Hall–Kier alpha value is -0.0800. The average molecular weight is 227 g/mol. The molecule has 0 radical (unpaired) electrons. The Balaban J connectivity index is 2.47. The maximum Gasteiger partial charge on any atom is 0.0445 e. The number of nitrogens with one attached hydrogen (secondary N) is 1. The van der Waals surface area contributed by atoms with Gasteiger partial charge in [-0.05, 0) is 31.1 Å². The maximum atomic E-state index is 9.10. The van der Waals surface area contributed by atoms with Gasteiger partial charge in [0, 0.05) is 18.7 Å². The van der Waals surface area contributed by atoms with Crippen LogP contribution in [0.4, 0.5) is 0 Å². The van der Waals surface area contributed by atoms with Gasteiger partial charge in [0.1, 0.15) is 0 Å². The SMILES string of the molecule is CCC1CCCCC1NC(CCO)C(C)C. The minimum atomic E-state index is 0.305. The lowest BCUT2D eigenvalue weighted by atomic mass is 9.82. The molecule has 96 valence electrons. The number of hydrogen-bond acceptors (Lipinski definition) is 2. The zero-order valence-corrected chi connectivity index (χ0v) is 11.2. The van der Waals surface area contributed by atoms with Crippen LogP contribution in [0.1, 0.15) is 59.3 Å². The van der Waals surface area contributed by atoms with E-state index in [4.69, 9.17) is 5.11 Å². The molecule has 1 rings (SSSR count). The molecule has 0 saturated heterocycles. The largest absolute Gasteiger partial charge is 0.396 e. The first-order valence-corrected chi connectivity index (χ1v) is 7.06. The zero-order chi connectivity index (χ0) is 12.0. The summed E-state index contributed by atoms with van der Waals surface area (Å²) < 4.78 is 0. The first-order chi connectivity index (χ1) is 7.69. The summed E-state index contributed by atoms with van der Waals surface area (Å²) in [6, 6.07) is 1.18. The second kappa shape index (κ2) is 7.29. The molecule has 1 aliphatic carbocycles. The fourth-order valence-electron chi connectivity index (χ4n) is 2.94. The van der Waals surface area contributed by atoms with E-state index in [0.717, 1.165) is 12.3 Å². The summed E-state index contributed by atoms with van der Waals surface area (Å²) in [6.07, 6.45) is 7.68. The van der Waals surface area contributed by atoms with Crippen LogP contribution in [-0.4, -0.2) is 23.8 Å². The van der Waals surface area contributed by atoms with Crippen LogP contribution >= 0.6 is 0 Å². The molecular formula is C14H29NO. The minimum absolute atomic E-state index is 0.305. The molecule has 3 unspecified atom stereocenters. The van der Waals surface area contributed by atoms with Crippen molar-refractivity contribution in [2.45, 2.75) is 71.4 Å². The number of hydrogen-bond donors (Lipinski definition) is 2. The van der Waals surface area contributed by atoms with E-state index in [0.29, 0.717) is 24.6 Å². The van der Waals surface area contributed by atoms with Crippen LogP contribution in [0.2, 0.25) is 0 Å². The topological polar surface area (TPSA) is 32.3 Å². The first-order valence-electron chi connectivity index (χ1n) is 7.06. The standard InChI is InChI=1S/C14H29NO/c1-4-12-7-5-6-8-14(12)15-13(9-10-16)11(2)3/h11-16H,4-10H2,1-3H3. The summed E-state index contributed by atoms with van der Waals surface area (Å²) in [5.41, 5.74) is 0. The van der Waals surface area contributed by atoms with Crippen LogP contribution in [0.25, 0.3) is 0 Å². The highest BCUT2D eigenvalue weighted by molar-refractivity contribution is 4.84. The second-order valence-corrected chi connectivity index (χ2v) is 5.59. The molecule has 2 nitrogen and oxygen atoms in total. The van der Waals surface area contributed by atoms with Crippen molar-refractivity contribution in [3.8, 4) is 0 Å². The molecule has 0 amide bonds. The van der Waals surface area contributed by atoms with Crippen LogP contribution in [-0.2, 0) is 0 Å². The molecule has 0 aliphatic heterocycles. The Labute approximate surface area is 101 Å². The average Bonchev–Trinajstić information content (AvgIpc) is 2.29. The van der Waals surface area contributed by atoms with Crippen LogP contribution < -0.4 is 5.32 Å². The minimum Gasteiger partial charge on any atom is -0.396 e. The van der Waals surface area contributed by atoms with Gasteiger partial charge in [0.15, 0.2) is 0 Å². The molecule has 0 aromatic heterocycles. The lowest BCUT2D eigenvalue weighted by Crippen LogP contribution is -2.46. The Bertz CT molecular complexity index is 182. The van der Waals surface area contributed by atoms with Crippen molar-refractivity contribution in [1.82, 2.24) is 5.32 Å². The van der Waals surface area contributed by atoms with Gasteiger partial charge in [-0.25, -0.2) is 0 Å². The Morgan fingerprint density at radius 2 is 1.94 bits per heavy atom. The van der Waals surface area contributed by atoms with E-state index in [1.807, 2.05) is 0 Å². The van der Waals surface area contributed by atoms with Crippen LogP contribution in [0.3, 0.4) is 0 Å². The third-order valence-electron chi connectivity index (χ3n) is 4.11. The molecule has 0 aromatic carbocycles. The van der Waals surface area contributed by atoms with Gasteiger partial charge < -0.3 is 10.4 Å². The van der Waals surface area contributed by atoms with Crippen molar-refractivity contribution in [3.63, 3.8) is 0 Å². The molecule has 0 aromatic rings. The number of aliphatic hydroxyl groups is 1. The van der Waals surface area contributed by atoms with Gasteiger partial charge in [0.05, 0.1) is 0 Å². The van der Waals surface area contributed by atoms with E-state index in [2.05, 4.69) is 26.1 Å². The lowest BCUT2D eigenvalue weighted by Gasteiger charge is -2.36. The molecule has 1 fully saturated rings. The van der Waals surface area contributed by atoms with E-state index in [9.17, 15) is 0 Å². The summed E-state index contributed by atoms with van der Waals surface area (Å²) in [4.78, 5) is 0. The summed E-state index contributed by atoms with van der Waals surface area (Å²) in [5.74, 6) is 1.47. The monoisotopic (exact) mass is 227 g/mol. The number of rotatable bonds is 6. The van der Waals surface area contributed by atoms with Gasteiger partial charge in [0.2, 0.25) is 0 Å². The summed E-state index contributed by atoms with van der Waals surface area (Å²) in [7, 11) is 0. The maximum absolute atomic E-state index is 9.10. The lowest BCUT2D eigenvalue weighted by molar-refractivity contribution is 0.189. The van der Waals surface area contributed by atoms with E-state index >= 15 is 0 Å². The fourth-order valence-corrected chi connectivity index (χ4v) is 2.94. The third kappa shape index (κ3) is 4.06. The molecule has 0 bridgehead atoms. The van der Waals surface area contributed by atoms with Crippen molar-refractivity contribution in [2.75, 3.05) is 6.61 Å². The molecule has 1 saturated carbocycles. The van der Waals surface area contributed by atoms with Crippen LogP contribution in [0.5, 0.6) is 0 Å². The van der Waals surface area contributed by atoms with Gasteiger partial charge in [0.25, 0.3) is 0 Å². The van der Waals surface area contributed by atoms with E-state index in [-0.39, 0.29) is 0 Å². The summed E-state index contributed by atoms with van der Waals surface area (Å²) in [5, 5.41) is 12.9. The van der Waals surface area contributed by atoms with Crippen LogP contribution in [0.15, 0.2) is 0 Å². The van der Waals surface area contributed by atoms with E-state index in [1.54, 1.807) is 0 Å². The molecule has 1 aliphatic rings. The molecule has 3 atom stereocenters. The summed E-state index contributed by atoms with van der Waals surface area (Å²) >= 11 is 0. The zero-order valence-electron chi connectivity index (χ0n) is 11.2. The van der Waals surface area contributed by atoms with Gasteiger partial charge in [-0.1, -0.05) is 40.0 Å². The van der Waals surface area contributed by atoms with Crippen LogP contribution in [0, 0.1) is 11.8 Å². The second-order valence-electron chi connectivity index (χ2n) is 5.59.